The minimum Gasteiger partial charge on any atom is -0.465 e. The Balaban J connectivity index is 2.40. The van der Waals surface area contributed by atoms with Crippen molar-refractivity contribution in [2.45, 2.75) is 33.0 Å². The van der Waals surface area contributed by atoms with Crippen LogP contribution in [0.15, 0.2) is 0 Å². The summed E-state index contributed by atoms with van der Waals surface area (Å²) in [6.07, 6.45) is 0.282. The first-order valence-electron chi connectivity index (χ1n) is 5.34. The first-order valence-corrected chi connectivity index (χ1v) is 5.34. The second kappa shape index (κ2) is 5.47. The Morgan fingerprint density at radius 3 is 2.73 bits per heavy atom. The van der Waals surface area contributed by atoms with Crippen LogP contribution in [0.4, 0.5) is 0 Å². The van der Waals surface area contributed by atoms with E-state index in [0.717, 1.165) is 0 Å². The molecule has 88 valence electrons. The molecule has 0 radical (unpaired) electrons. The average Bonchev–Trinajstić information content (AvgIpc) is 2.56. The van der Waals surface area contributed by atoms with E-state index in [0.29, 0.717) is 19.1 Å². The van der Waals surface area contributed by atoms with E-state index >= 15 is 0 Å². The van der Waals surface area contributed by atoms with Crippen molar-refractivity contribution in [1.29, 1.82) is 0 Å². The standard InChI is InChI=1S/C11H20O4/c1-7(5-14-9(3)12)11-8(2)10(13-4)6-15-11/h7-8,10-11H,5-6H2,1-4H3/t7-,8+,10+,11-/m1/s1. The van der Waals surface area contributed by atoms with E-state index in [1.807, 2.05) is 6.92 Å². The van der Waals surface area contributed by atoms with Gasteiger partial charge in [-0.25, -0.2) is 0 Å². The molecule has 0 aromatic carbocycles. The molecule has 0 saturated carbocycles. The predicted octanol–water partition coefficient (Wildman–Crippen LogP) is 1.24. The molecule has 0 amide bonds. The summed E-state index contributed by atoms with van der Waals surface area (Å²) in [5, 5.41) is 0. The molecule has 1 saturated heterocycles. The van der Waals surface area contributed by atoms with E-state index in [1.54, 1.807) is 7.11 Å². The van der Waals surface area contributed by atoms with E-state index in [9.17, 15) is 4.79 Å². The van der Waals surface area contributed by atoms with Crippen molar-refractivity contribution < 1.29 is 19.0 Å². The molecule has 0 aromatic heterocycles. The van der Waals surface area contributed by atoms with E-state index in [4.69, 9.17) is 14.2 Å². The van der Waals surface area contributed by atoms with E-state index in [1.165, 1.54) is 6.92 Å². The smallest absolute Gasteiger partial charge is 0.302 e. The number of carbonyl (C=O) groups is 1. The summed E-state index contributed by atoms with van der Waals surface area (Å²) in [4.78, 5) is 10.7. The summed E-state index contributed by atoms with van der Waals surface area (Å²) in [7, 11) is 1.70. The van der Waals surface area contributed by atoms with Crippen LogP contribution in [0, 0.1) is 11.8 Å². The molecule has 4 heteroatoms. The highest BCUT2D eigenvalue weighted by molar-refractivity contribution is 5.65. The maximum Gasteiger partial charge on any atom is 0.302 e. The van der Waals surface area contributed by atoms with Crippen molar-refractivity contribution in [1.82, 2.24) is 0 Å². The van der Waals surface area contributed by atoms with Crippen molar-refractivity contribution in [2.24, 2.45) is 11.8 Å². The predicted molar refractivity (Wildman–Crippen MR) is 55.5 cm³/mol. The van der Waals surface area contributed by atoms with Crippen molar-refractivity contribution >= 4 is 5.97 Å². The lowest BCUT2D eigenvalue weighted by atomic mass is 9.92. The zero-order valence-corrected chi connectivity index (χ0v) is 9.86. The third kappa shape index (κ3) is 3.18. The Hall–Kier alpha value is -0.610. The first kappa shape index (κ1) is 12.5. The quantitative estimate of drug-likeness (QED) is 0.663. The van der Waals surface area contributed by atoms with Crippen molar-refractivity contribution in [3.8, 4) is 0 Å². The zero-order valence-electron chi connectivity index (χ0n) is 9.86. The molecule has 0 unspecified atom stereocenters. The fourth-order valence-corrected chi connectivity index (χ4v) is 2.03. The number of hydrogen-bond acceptors (Lipinski definition) is 4. The number of hydrogen-bond donors (Lipinski definition) is 0. The maximum absolute atomic E-state index is 10.7. The van der Waals surface area contributed by atoms with Crippen LogP contribution in [0.2, 0.25) is 0 Å². The maximum atomic E-state index is 10.7. The molecule has 1 aliphatic heterocycles. The first-order chi connectivity index (χ1) is 7.06. The van der Waals surface area contributed by atoms with Crippen LogP contribution >= 0.6 is 0 Å². The van der Waals surface area contributed by atoms with Gasteiger partial charge in [0.25, 0.3) is 0 Å². The molecule has 4 atom stereocenters. The Morgan fingerprint density at radius 2 is 2.27 bits per heavy atom. The molecular formula is C11H20O4. The average molecular weight is 216 g/mol. The van der Waals surface area contributed by atoms with Crippen LogP contribution in [0.5, 0.6) is 0 Å². The van der Waals surface area contributed by atoms with Gasteiger partial charge >= 0.3 is 5.97 Å². The topological polar surface area (TPSA) is 44.8 Å². The molecule has 1 fully saturated rings. The Bertz CT molecular complexity index is 217. The van der Waals surface area contributed by atoms with Gasteiger partial charge in [-0.1, -0.05) is 13.8 Å². The second-order valence-electron chi connectivity index (χ2n) is 4.21. The fraction of sp³-hybridized carbons (Fsp3) is 0.909. The molecular weight excluding hydrogens is 196 g/mol. The van der Waals surface area contributed by atoms with E-state index < -0.39 is 0 Å². The lowest BCUT2D eigenvalue weighted by Gasteiger charge is -2.23. The molecule has 0 N–H and O–H groups in total. The largest absolute Gasteiger partial charge is 0.465 e. The molecule has 0 aromatic rings. The van der Waals surface area contributed by atoms with Crippen LogP contribution in [-0.4, -0.2) is 38.5 Å². The number of ether oxygens (including phenoxy) is 3. The Labute approximate surface area is 90.9 Å². The molecule has 1 aliphatic rings. The minimum atomic E-state index is -0.240. The summed E-state index contributed by atoms with van der Waals surface area (Å²) in [5.41, 5.74) is 0. The highest BCUT2D eigenvalue weighted by Gasteiger charge is 2.37. The third-order valence-corrected chi connectivity index (χ3v) is 2.97. The monoisotopic (exact) mass is 216 g/mol. The van der Waals surface area contributed by atoms with Gasteiger partial charge in [0.1, 0.15) is 0 Å². The van der Waals surface area contributed by atoms with Crippen molar-refractivity contribution in [3.05, 3.63) is 0 Å². The highest BCUT2D eigenvalue weighted by Crippen LogP contribution is 2.28. The molecule has 0 spiro atoms. The summed E-state index contributed by atoms with van der Waals surface area (Å²) >= 11 is 0. The van der Waals surface area contributed by atoms with Crippen LogP contribution in [0.25, 0.3) is 0 Å². The van der Waals surface area contributed by atoms with Gasteiger partial charge in [0, 0.05) is 25.9 Å². The van der Waals surface area contributed by atoms with Gasteiger partial charge in [-0.2, -0.15) is 0 Å². The Morgan fingerprint density at radius 1 is 1.60 bits per heavy atom. The molecule has 4 nitrogen and oxygen atoms in total. The zero-order chi connectivity index (χ0) is 11.4. The normalized spacial score (nSPS) is 32.7. The van der Waals surface area contributed by atoms with Crippen LogP contribution in [0.3, 0.4) is 0 Å². The van der Waals surface area contributed by atoms with Crippen LogP contribution in [-0.2, 0) is 19.0 Å². The van der Waals surface area contributed by atoms with E-state index in [2.05, 4.69) is 6.92 Å². The molecule has 0 aliphatic carbocycles. The van der Waals surface area contributed by atoms with Gasteiger partial charge in [0.2, 0.25) is 0 Å². The summed E-state index contributed by atoms with van der Waals surface area (Å²) in [6.45, 7) is 6.61. The van der Waals surface area contributed by atoms with Gasteiger partial charge < -0.3 is 14.2 Å². The van der Waals surface area contributed by atoms with Crippen LogP contribution < -0.4 is 0 Å². The molecule has 0 bridgehead atoms. The number of rotatable bonds is 4. The number of carbonyl (C=O) groups excluding carboxylic acids is 1. The van der Waals surface area contributed by atoms with Gasteiger partial charge in [-0.15, -0.1) is 0 Å². The lowest BCUT2D eigenvalue weighted by molar-refractivity contribution is -0.143. The molecule has 15 heavy (non-hydrogen) atoms. The highest BCUT2D eigenvalue weighted by atomic mass is 16.6. The minimum absolute atomic E-state index is 0.120. The summed E-state index contributed by atoms with van der Waals surface area (Å²) < 4.78 is 15.9. The van der Waals surface area contributed by atoms with Crippen molar-refractivity contribution in [2.75, 3.05) is 20.3 Å². The van der Waals surface area contributed by atoms with Crippen molar-refractivity contribution in [3.63, 3.8) is 0 Å². The molecule has 1 rings (SSSR count). The van der Waals surface area contributed by atoms with Gasteiger partial charge in [-0.05, 0) is 0 Å². The lowest BCUT2D eigenvalue weighted by Crippen LogP contribution is -2.30. The van der Waals surface area contributed by atoms with Gasteiger partial charge in [-0.3, -0.25) is 4.79 Å². The van der Waals surface area contributed by atoms with E-state index in [-0.39, 0.29) is 24.1 Å². The number of methoxy groups -OCH3 is 1. The second-order valence-corrected chi connectivity index (χ2v) is 4.21. The third-order valence-electron chi connectivity index (χ3n) is 2.97. The van der Waals surface area contributed by atoms with Gasteiger partial charge in [0.15, 0.2) is 0 Å². The fourth-order valence-electron chi connectivity index (χ4n) is 2.03. The summed E-state index contributed by atoms with van der Waals surface area (Å²) in [5.74, 6) is 0.320. The summed E-state index contributed by atoms with van der Waals surface area (Å²) in [6, 6.07) is 0. The number of esters is 1. The SMILES string of the molecule is CO[C@H]1CO[C@H]([C@H](C)COC(C)=O)[C@H]1C. The molecule has 1 heterocycles. The Kier molecular flexibility index (Phi) is 4.54. The van der Waals surface area contributed by atoms with Crippen LogP contribution in [0.1, 0.15) is 20.8 Å². The van der Waals surface area contributed by atoms with Gasteiger partial charge in [0.05, 0.1) is 25.4 Å².